The molecule has 310 valence electrons. The van der Waals surface area contributed by atoms with E-state index in [1.54, 1.807) is 0 Å². The van der Waals surface area contributed by atoms with E-state index in [0.29, 0.717) is 43.1 Å². The monoisotopic (exact) mass is 792 g/mol. The summed E-state index contributed by atoms with van der Waals surface area (Å²) in [7, 11) is 5.18. The second-order valence-corrected chi connectivity index (χ2v) is 24.0. The van der Waals surface area contributed by atoms with Crippen LogP contribution in [0.4, 0.5) is 5.69 Å². The molecule has 4 atom stereocenters. The van der Waals surface area contributed by atoms with Gasteiger partial charge >= 0.3 is 0 Å². The highest BCUT2D eigenvalue weighted by atomic mass is 28.4. The second-order valence-electron chi connectivity index (χ2n) is 19.3. The summed E-state index contributed by atoms with van der Waals surface area (Å²) in [5, 5.41) is 17.1. The lowest BCUT2D eigenvalue weighted by molar-refractivity contribution is -0.0480. The van der Waals surface area contributed by atoms with Gasteiger partial charge in [-0.2, -0.15) is 0 Å². The number of anilines is 1. The van der Waals surface area contributed by atoms with Crippen molar-refractivity contribution in [1.82, 2.24) is 15.0 Å². The van der Waals surface area contributed by atoms with Crippen molar-refractivity contribution in [2.24, 2.45) is 11.8 Å². The number of fused-ring (bicyclic) bond motifs is 4. The number of ether oxygens (including phenoxy) is 2. The van der Waals surface area contributed by atoms with E-state index < -0.39 is 31.7 Å². The Kier molecular flexibility index (Phi) is 11.8. The van der Waals surface area contributed by atoms with E-state index >= 15 is 9.59 Å². The lowest BCUT2D eigenvalue weighted by Gasteiger charge is -2.55. The van der Waals surface area contributed by atoms with Crippen LogP contribution >= 0.6 is 0 Å². The molecule has 0 spiro atoms. The number of carbonyl (C=O) groups is 2. The topological polar surface area (TPSA) is 118 Å². The summed E-state index contributed by atoms with van der Waals surface area (Å²) in [5.74, 6) is -0.912. The van der Waals surface area contributed by atoms with Gasteiger partial charge in [0.25, 0.3) is 5.88 Å². The molecule has 6 rings (SSSR count). The van der Waals surface area contributed by atoms with Crippen LogP contribution in [0.3, 0.4) is 0 Å². The first-order valence-corrected chi connectivity index (χ1v) is 23.9. The van der Waals surface area contributed by atoms with E-state index in [9.17, 15) is 5.11 Å². The van der Waals surface area contributed by atoms with Crippen LogP contribution in [0.2, 0.25) is 18.1 Å². The fraction of sp³-hybridized carbons (Fsp3) is 0.705. The lowest BCUT2D eigenvalue weighted by Crippen LogP contribution is -2.65. The first kappa shape index (κ1) is 42.4. The van der Waals surface area contributed by atoms with Crippen molar-refractivity contribution in [1.29, 1.82) is 0 Å². The van der Waals surface area contributed by atoms with Crippen LogP contribution < -0.4 is 14.4 Å². The van der Waals surface area contributed by atoms with Crippen LogP contribution in [-0.4, -0.2) is 99.0 Å². The molecule has 1 fully saturated rings. The first-order chi connectivity index (χ1) is 26.2. The fourth-order valence-corrected chi connectivity index (χ4v) is 10.9. The van der Waals surface area contributed by atoms with E-state index in [1.807, 2.05) is 33.1 Å². The van der Waals surface area contributed by atoms with E-state index in [-0.39, 0.29) is 45.1 Å². The van der Waals surface area contributed by atoms with Gasteiger partial charge in [-0.05, 0) is 119 Å². The van der Waals surface area contributed by atoms with Crippen LogP contribution in [0.25, 0.3) is 0 Å². The van der Waals surface area contributed by atoms with Gasteiger partial charge in [0.15, 0.2) is 25.5 Å². The van der Waals surface area contributed by atoms with E-state index in [1.165, 1.54) is 0 Å². The highest BCUT2D eigenvalue weighted by Gasteiger charge is 2.67. The molecule has 0 unspecified atom stereocenters. The first-order valence-electron chi connectivity index (χ1n) is 21.0. The summed E-state index contributed by atoms with van der Waals surface area (Å²) in [6.45, 7) is 21.9. The number of aliphatic hydroxyl groups excluding tert-OH is 1. The second kappa shape index (κ2) is 15.5. The van der Waals surface area contributed by atoms with Crippen molar-refractivity contribution in [2.75, 3.05) is 52.8 Å². The molecular weight excluding hydrogens is 725 g/mol. The average Bonchev–Trinajstić information content (AvgIpc) is 3.66. The van der Waals surface area contributed by atoms with Gasteiger partial charge < -0.3 is 28.4 Å². The van der Waals surface area contributed by atoms with Gasteiger partial charge in [-0.15, -0.1) is 0 Å². The normalized spacial score (nSPS) is 24.9. The number of Topliss-reactive ketones (excluding diaryl/α,β-unsaturated/α-hetero) is 2. The van der Waals surface area contributed by atoms with E-state index in [0.717, 1.165) is 68.4 Å². The van der Waals surface area contributed by atoms with Crippen LogP contribution in [0, 0.1) is 11.8 Å². The number of hydrogen-bond acceptors (Lipinski definition) is 11. The SMILES string of the molecule is CCCCOc1cc(CN2CCCC2(C)C)c(N(C)C)c2c1C(=O)C1=C(O)[C@]3(O[Si](C)(C)C(C)(C)C)C(=O)c4c(OCCCC)noc4[C@@H](N(C)C)[C@@H]3C[C@@H]1C2. The Morgan fingerprint density at radius 2 is 1.70 bits per heavy atom. The largest absolute Gasteiger partial charge is 0.508 e. The molecule has 3 aliphatic carbocycles. The summed E-state index contributed by atoms with van der Waals surface area (Å²) in [4.78, 5) is 37.6. The van der Waals surface area contributed by atoms with Crippen LogP contribution in [0.15, 0.2) is 21.9 Å². The molecule has 0 bridgehead atoms. The molecule has 56 heavy (non-hydrogen) atoms. The zero-order valence-electron chi connectivity index (χ0n) is 36.5. The molecule has 12 heteroatoms. The van der Waals surface area contributed by atoms with Gasteiger partial charge in [0.05, 0.1) is 24.8 Å². The van der Waals surface area contributed by atoms with Gasteiger partial charge in [-0.1, -0.05) is 47.5 Å². The maximum Gasteiger partial charge on any atom is 0.265 e. The highest BCUT2D eigenvalue weighted by molar-refractivity contribution is 6.74. The third kappa shape index (κ3) is 7.04. The zero-order chi connectivity index (χ0) is 41.1. The van der Waals surface area contributed by atoms with Crippen molar-refractivity contribution < 1.29 is 33.1 Å². The van der Waals surface area contributed by atoms with Crippen LogP contribution in [0.1, 0.15) is 137 Å². The summed E-state index contributed by atoms with van der Waals surface area (Å²) in [6, 6.07) is 1.58. The van der Waals surface area contributed by atoms with Gasteiger partial charge in [-0.3, -0.25) is 19.4 Å². The molecule has 11 nitrogen and oxygen atoms in total. The minimum absolute atomic E-state index is 0.0618. The Balaban J connectivity index is 1.60. The number of carbonyl (C=O) groups excluding carboxylic acids is 2. The fourth-order valence-electron chi connectivity index (χ4n) is 9.43. The Morgan fingerprint density at radius 1 is 1.04 bits per heavy atom. The smallest absolute Gasteiger partial charge is 0.265 e. The Labute approximate surface area is 336 Å². The van der Waals surface area contributed by atoms with Gasteiger partial charge in [-0.25, -0.2) is 0 Å². The van der Waals surface area contributed by atoms with Crippen molar-refractivity contribution in [3.05, 3.63) is 45.4 Å². The van der Waals surface area contributed by atoms with E-state index in [2.05, 4.69) is 82.6 Å². The molecular formula is C44H68N4O7Si. The number of unbranched alkanes of at least 4 members (excludes halogenated alkanes) is 2. The summed E-state index contributed by atoms with van der Waals surface area (Å²) in [5.41, 5.74) is 2.24. The molecule has 1 aliphatic heterocycles. The predicted molar refractivity (Wildman–Crippen MR) is 223 cm³/mol. The molecule has 0 amide bonds. The maximum atomic E-state index is 15.5. The molecule has 0 radical (unpaired) electrons. The highest BCUT2D eigenvalue weighted by Crippen LogP contribution is 2.60. The van der Waals surface area contributed by atoms with Gasteiger partial charge in [0, 0.05) is 43.4 Å². The lowest BCUT2D eigenvalue weighted by atomic mass is 9.58. The Hall–Kier alpha value is -3.19. The Morgan fingerprint density at radius 3 is 2.27 bits per heavy atom. The summed E-state index contributed by atoms with van der Waals surface area (Å²) >= 11 is 0. The van der Waals surface area contributed by atoms with Gasteiger partial charge in [0.2, 0.25) is 5.78 Å². The number of likely N-dealkylation sites (tertiary alicyclic amines) is 1. The number of hydrogen-bond donors (Lipinski definition) is 1. The van der Waals surface area contributed by atoms with Crippen LogP contribution in [-0.2, 0) is 17.4 Å². The van der Waals surface area contributed by atoms with Crippen molar-refractivity contribution in [2.45, 2.75) is 142 Å². The minimum atomic E-state index is -2.82. The molecule has 2 heterocycles. The quantitative estimate of drug-likeness (QED) is 0.146. The van der Waals surface area contributed by atoms with Crippen molar-refractivity contribution in [3.63, 3.8) is 0 Å². The van der Waals surface area contributed by atoms with Crippen molar-refractivity contribution in [3.8, 4) is 11.6 Å². The predicted octanol–water partition coefficient (Wildman–Crippen LogP) is 8.92. The number of aromatic nitrogens is 1. The third-order valence-electron chi connectivity index (χ3n) is 13.5. The van der Waals surface area contributed by atoms with Gasteiger partial charge in [0.1, 0.15) is 17.1 Å². The number of ketones is 2. The van der Waals surface area contributed by atoms with Crippen molar-refractivity contribution >= 4 is 25.6 Å². The Bertz CT molecular complexity index is 1860. The molecule has 1 aromatic heterocycles. The number of rotatable bonds is 14. The molecule has 1 saturated heterocycles. The maximum absolute atomic E-state index is 15.5. The number of nitrogens with zero attached hydrogens (tertiary/aromatic N) is 4. The number of aliphatic hydroxyl groups is 1. The standard InChI is InChI=1S/C44H68N4O7Si/c1-14-16-21-52-31-25-28(26-48-20-18-19-43(48,6)7)35(46(8)9)29-23-27-24-30-36(47(10)11)38-34(41(45-54-38)53-22-17-15-2)40(51)44(30,55-56(12,13)42(3,4)5)39(50)32(27)37(49)33(29)31/h25,27,30,36,50H,14-24,26H2,1-13H3/t27-,30-,36-,44-/m0/s1. The molecule has 2 aromatic rings. The molecule has 1 N–H and O–H groups in total. The number of allylic oxidation sites excluding steroid dienone is 1. The molecule has 1 aromatic carbocycles. The van der Waals surface area contributed by atoms with E-state index in [4.69, 9.17) is 18.4 Å². The zero-order valence-corrected chi connectivity index (χ0v) is 37.5. The average molecular weight is 793 g/mol. The summed E-state index contributed by atoms with van der Waals surface area (Å²) < 4.78 is 26.0. The minimum Gasteiger partial charge on any atom is -0.508 e. The van der Waals surface area contributed by atoms with Crippen LogP contribution in [0.5, 0.6) is 11.6 Å². The number of benzene rings is 1. The molecule has 4 aliphatic rings. The summed E-state index contributed by atoms with van der Waals surface area (Å²) in [6.07, 6.45) is 6.69. The molecule has 0 saturated carbocycles. The third-order valence-corrected chi connectivity index (χ3v) is 17.9.